The summed E-state index contributed by atoms with van der Waals surface area (Å²) in [5.74, 6) is -0.552. The molecule has 1 heterocycles. The first kappa shape index (κ1) is 15.1. The van der Waals surface area contributed by atoms with E-state index in [1.807, 2.05) is 31.2 Å². The van der Waals surface area contributed by atoms with E-state index < -0.39 is 5.92 Å². The third kappa shape index (κ3) is 3.23. The first-order valence-electron chi connectivity index (χ1n) is 6.83. The second-order valence-corrected chi connectivity index (χ2v) is 7.84. The number of benzene rings is 1. The minimum Gasteiger partial charge on any atom is -0.372 e. The zero-order chi connectivity index (χ0) is 14.9. The number of rotatable bonds is 3. The van der Waals surface area contributed by atoms with Gasteiger partial charge in [0.2, 0.25) is 0 Å². The van der Waals surface area contributed by atoms with Gasteiger partial charge in [-0.15, -0.1) is 11.8 Å². The van der Waals surface area contributed by atoms with Crippen LogP contribution in [0, 0.1) is 12.8 Å². The van der Waals surface area contributed by atoms with Crippen LogP contribution >= 0.6 is 11.8 Å². The number of aryl methyl sites for hydroxylation is 1. The molecule has 4 heteroatoms. The Morgan fingerprint density at radius 2 is 2.00 bits per heavy atom. The quantitative estimate of drug-likeness (QED) is 0.867. The summed E-state index contributed by atoms with van der Waals surface area (Å²) in [5.41, 5.74) is 2.10. The minimum atomic E-state index is -0.548. The number of para-hydroxylation sites is 1. The molecule has 0 bridgehead atoms. The van der Waals surface area contributed by atoms with Crippen LogP contribution in [0.15, 0.2) is 24.3 Å². The molecule has 2 unspecified atom stereocenters. The predicted molar refractivity (Wildman–Crippen MR) is 84.1 cm³/mol. The Morgan fingerprint density at radius 3 is 2.60 bits per heavy atom. The van der Waals surface area contributed by atoms with E-state index in [4.69, 9.17) is 0 Å². The zero-order valence-corrected chi connectivity index (χ0v) is 13.2. The number of anilines is 1. The summed E-state index contributed by atoms with van der Waals surface area (Å²) in [7, 11) is 0. The molecular formula is C16H21NO2S. The van der Waals surface area contributed by atoms with Crippen LogP contribution in [-0.2, 0) is 9.59 Å². The van der Waals surface area contributed by atoms with Crippen LogP contribution in [-0.4, -0.2) is 21.7 Å². The lowest BCUT2D eigenvalue weighted by molar-refractivity contribution is -0.132. The third-order valence-electron chi connectivity index (χ3n) is 3.58. The van der Waals surface area contributed by atoms with Crippen LogP contribution < -0.4 is 5.32 Å². The molecule has 1 N–H and O–H groups in total. The molecule has 0 amide bonds. The molecule has 1 aliphatic rings. The topological polar surface area (TPSA) is 46.2 Å². The number of carbonyl (C=O) groups is 2. The van der Waals surface area contributed by atoms with Gasteiger partial charge in [0.05, 0.1) is 5.37 Å². The van der Waals surface area contributed by atoms with Crippen molar-refractivity contribution >= 4 is 29.0 Å². The SMILES string of the molecule is CC(=O)C1C(=O)CC(C)(C)SC1Nc1ccccc1C. The summed E-state index contributed by atoms with van der Waals surface area (Å²) >= 11 is 1.68. The highest BCUT2D eigenvalue weighted by Crippen LogP contribution is 2.42. The summed E-state index contributed by atoms with van der Waals surface area (Å²) in [6, 6.07) is 7.94. The lowest BCUT2D eigenvalue weighted by Gasteiger charge is -2.39. The highest BCUT2D eigenvalue weighted by molar-refractivity contribution is 8.01. The summed E-state index contributed by atoms with van der Waals surface area (Å²) in [6.45, 7) is 7.64. The van der Waals surface area contributed by atoms with Crippen molar-refractivity contribution in [3.63, 3.8) is 0 Å². The maximum Gasteiger partial charge on any atom is 0.147 e. The average Bonchev–Trinajstić information content (AvgIpc) is 2.29. The molecule has 0 radical (unpaired) electrons. The zero-order valence-electron chi connectivity index (χ0n) is 12.4. The maximum atomic E-state index is 12.3. The summed E-state index contributed by atoms with van der Waals surface area (Å²) in [4.78, 5) is 24.1. The van der Waals surface area contributed by atoms with E-state index in [9.17, 15) is 9.59 Å². The van der Waals surface area contributed by atoms with Gasteiger partial charge in [-0.2, -0.15) is 0 Å². The Kier molecular flexibility index (Phi) is 4.23. The molecule has 0 aliphatic carbocycles. The standard InChI is InChI=1S/C16H21NO2S/c1-10-7-5-6-8-12(10)17-15-14(11(2)18)13(19)9-16(3,4)20-15/h5-8,14-15,17H,9H2,1-4H3. The van der Waals surface area contributed by atoms with E-state index >= 15 is 0 Å². The van der Waals surface area contributed by atoms with Gasteiger partial charge in [-0.05, 0) is 25.5 Å². The van der Waals surface area contributed by atoms with Gasteiger partial charge in [0.15, 0.2) is 0 Å². The van der Waals surface area contributed by atoms with Crippen molar-refractivity contribution < 1.29 is 9.59 Å². The smallest absolute Gasteiger partial charge is 0.147 e. The first-order chi connectivity index (χ1) is 9.30. The molecule has 0 saturated carbocycles. The van der Waals surface area contributed by atoms with Gasteiger partial charge >= 0.3 is 0 Å². The minimum absolute atomic E-state index is 0.0485. The van der Waals surface area contributed by atoms with Crippen LogP contribution in [0.3, 0.4) is 0 Å². The molecule has 1 aromatic carbocycles. The fraction of sp³-hybridized carbons (Fsp3) is 0.500. The highest BCUT2D eigenvalue weighted by Gasteiger charge is 2.43. The molecule has 3 nitrogen and oxygen atoms in total. The van der Waals surface area contributed by atoms with Gasteiger partial charge in [0.1, 0.15) is 17.5 Å². The van der Waals surface area contributed by atoms with Crippen molar-refractivity contribution in [2.75, 3.05) is 5.32 Å². The van der Waals surface area contributed by atoms with Crippen LogP contribution in [0.1, 0.15) is 32.8 Å². The monoisotopic (exact) mass is 291 g/mol. The van der Waals surface area contributed by atoms with Gasteiger partial charge in [0, 0.05) is 16.9 Å². The van der Waals surface area contributed by atoms with Gasteiger partial charge in [-0.3, -0.25) is 9.59 Å². The van der Waals surface area contributed by atoms with Crippen molar-refractivity contribution in [1.82, 2.24) is 0 Å². The Labute approximate surface area is 124 Å². The Balaban J connectivity index is 2.28. The number of thioether (sulfide) groups is 1. The molecule has 0 spiro atoms. The van der Waals surface area contributed by atoms with Crippen molar-refractivity contribution in [2.45, 2.75) is 44.2 Å². The molecule has 2 rings (SSSR count). The molecule has 1 fully saturated rings. The fourth-order valence-corrected chi connectivity index (χ4v) is 4.17. The maximum absolute atomic E-state index is 12.3. The summed E-state index contributed by atoms with van der Waals surface area (Å²) in [6.07, 6.45) is 0.452. The number of ketones is 2. The van der Waals surface area contributed by atoms with E-state index in [-0.39, 0.29) is 21.7 Å². The van der Waals surface area contributed by atoms with E-state index in [0.717, 1.165) is 11.3 Å². The Morgan fingerprint density at radius 1 is 1.35 bits per heavy atom. The van der Waals surface area contributed by atoms with E-state index in [1.165, 1.54) is 6.92 Å². The van der Waals surface area contributed by atoms with E-state index in [1.54, 1.807) is 11.8 Å². The average molecular weight is 291 g/mol. The second kappa shape index (κ2) is 5.60. The Bertz CT molecular complexity index is 539. The third-order valence-corrected chi connectivity index (χ3v) is 5.00. The number of carbonyl (C=O) groups excluding carboxylic acids is 2. The molecule has 1 aromatic rings. The number of nitrogens with one attached hydrogen (secondary N) is 1. The molecule has 0 aromatic heterocycles. The molecule has 108 valence electrons. The predicted octanol–water partition coefficient (Wildman–Crippen LogP) is 3.42. The molecule has 1 aliphatic heterocycles. The molecule has 1 saturated heterocycles. The van der Waals surface area contributed by atoms with Gasteiger partial charge in [0.25, 0.3) is 0 Å². The molecule has 20 heavy (non-hydrogen) atoms. The van der Waals surface area contributed by atoms with Gasteiger partial charge in [-0.25, -0.2) is 0 Å². The van der Waals surface area contributed by atoms with Crippen molar-refractivity contribution in [3.05, 3.63) is 29.8 Å². The van der Waals surface area contributed by atoms with E-state index in [0.29, 0.717) is 6.42 Å². The number of hydrogen-bond acceptors (Lipinski definition) is 4. The van der Waals surface area contributed by atoms with E-state index in [2.05, 4.69) is 19.2 Å². The summed E-state index contributed by atoms with van der Waals surface area (Å²) < 4.78 is -0.136. The normalized spacial score (nSPS) is 25.3. The Hall–Kier alpha value is -1.29. The summed E-state index contributed by atoms with van der Waals surface area (Å²) in [5, 5.41) is 3.20. The molecular weight excluding hydrogens is 270 g/mol. The largest absolute Gasteiger partial charge is 0.372 e. The van der Waals surface area contributed by atoms with Crippen LogP contribution in [0.4, 0.5) is 5.69 Å². The van der Waals surface area contributed by atoms with Crippen molar-refractivity contribution in [1.29, 1.82) is 0 Å². The first-order valence-corrected chi connectivity index (χ1v) is 7.71. The lowest BCUT2D eigenvalue weighted by Crippen LogP contribution is -2.46. The van der Waals surface area contributed by atoms with Gasteiger partial charge in [-0.1, -0.05) is 32.0 Å². The fourth-order valence-electron chi connectivity index (χ4n) is 2.59. The molecule has 2 atom stereocenters. The van der Waals surface area contributed by atoms with Crippen molar-refractivity contribution in [3.8, 4) is 0 Å². The van der Waals surface area contributed by atoms with Crippen LogP contribution in [0.5, 0.6) is 0 Å². The number of hydrogen-bond donors (Lipinski definition) is 1. The highest BCUT2D eigenvalue weighted by atomic mass is 32.2. The van der Waals surface area contributed by atoms with Crippen LogP contribution in [0.2, 0.25) is 0 Å². The van der Waals surface area contributed by atoms with Crippen LogP contribution in [0.25, 0.3) is 0 Å². The lowest BCUT2D eigenvalue weighted by atomic mass is 9.91. The second-order valence-electron chi connectivity index (χ2n) is 5.99. The van der Waals surface area contributed by atoms with Gasteiger partial charge < -0.3 is 5.32 Å². The van der Waals surface area contributed by atoms with Crippen molar-refractivity contribution in [2.24, 2.45) is 5.92 Å². The number of Topliss-reactive ketones (excluding diaryl/α,β-unsaturated/α-hetero) is 2.